The number of urea groups is 1. The quantitative estimate of drug-likeness (QED) is 0.219. The van der Waals surface area contributed by atoms with E-state index in [9.17, 15) is 18.8 Å². The van der Waals surface area contributed by atoms with E-state index in [4.69, 9.17) is 21.1 Å². The van der Waals surface area contributed by atoms with Crippen LogP contribution in [0.25, 0.3) is 16.8 Å². The van der Waals surface area contributed by atoms with Crippen molar-refractivity contribution in [2.75, 3.05) is 11.5 Å². The van der Waals surface area contributed by atoms with Gasteiger partial charge in [0, 0.05) is 0 Å². The first-order chi connectivity index (χ1) is 18.9. The molecule has 0 aromatic heterocycles. The van der Waals surface area contributed by atoms with Crippen LogP contribution in [0.3, 0.4) is 0 Å². The van der Waals surface area contributed by atoms with Crippen LogP contribution in [-0.2, 0) is 16.2 Å². The maximum Gasteiger partial charge on any atom is 0.336 e. The number of fused-ring (bicyclic) bond motifs is 1. The van der Waals surface area contributed by atoms with Gasteiger partial charge in [-0.25, -0.2) is 14.1 Å². The Bertz CT molecular complexity index is 1650. The Hall–Kier alpha value is -4.69. The zero-order valence-corrected chi connectivity index (χ0v) is 21.5. The molecule has 1 saturated heterocycles. The van der Waals surface area contributed by atoms with Crippen LogP contribution >= 0.6 is 11.6 Å². The number of para-hydroxylation sites is 1. The molecule has 0 unspecified atom stereocenters. The van der Waals surface area contributed by atoms with Gasteiger partial charge in [-0.2, -0.15) is 0 Å². The third kappa shape index (κ3) is 5.19. The fraction of sp³-hybridized carbons (Fsp3) is 0.100. The summed E-state index contributed by atoms with van der Waals surface area (Å²) in [6.45, 7) is 2.32. The standard InChI is InChI=1S/C30H22ClFN2O5/c1-2-38-26-16-18(14-22-28(35)33-30(37)34(29(22)36)25-13-6-5-12-24(25)32)15-23(31)27(26)39-17-20-10-7-9-19-8-3-4-11-21(19)20/h3-16H,2,17H2,1H3,(H,33,35,37)/b22-14-. The molecule has 1 N–H and O–H groups in total. The molecule has 39 heavy (non-hydrogen) atoms. The van der Waals surface area contributed by atoms with Crippen LogP contribution in [0.4, 0.5) is 14.9 Å². The number of rotatable bonds is 7. The van der Waals surface area contributed by atoms with E-state index in [1.165, 1.54) is 30.3 Å². The number of nitrogens with zero attached hydrogens (tertiary/aromatic N) is 1. The van der Waals surface area contributed by atoms with Gasteiger partial charge in [0.15, 0.2) is 11.5 Å². The lowest BCUT2D eigenvalue weighted by Gasteiger charge is -2.26. The molecule has 0 atom stereocenters. The zero-order valence-electron chi connectivity index (χ0n) is 20.7. The number of hydrogen-bond donors (Lipinski definition) is 1. The lowest BCUT2D eigenvalue weighted by atomic mass is 10.1. The van der Waals surface area contributed by atoms with Gasteiger partial charge in [-0.15, -0.1) is 0 Å². The predicted octanol–water partition coefficient (Wildman–Crippen LogP) is 6.28. The van der Waals surface area contributed by atoms with Crippen LogP contribution in [0, 0.1) is 5.82 Å². The van der Waals surface area contributed by atoms with Gasteiger partial charge in [0.25, 0.3) is 11.8 Å². The fourth-order valence-corrected chi connectivity index (χ4v) is 4.59. The number of carbonyl (C=O) groups excluding carboxylic acids is 3. The summed E-state index contributed by atoms with van der Waals surface area (Å²) in [6, 6.07) is 21.2. The summed E-state index contributed by atoms with van der Waals surface area (Å²) in [7, 11) is 0. The number of nitrogens with one attached hydrogen (secondary N) is 1. The van der Waals surface area contributed by atoms with Crippen molar-refractivity contribution in [1.82, 2.24) is 5.32 Å². The summed E-state index contributed by atoms with van der Waals surface area (Å²) in [6.07, 6.45) is 1.26. The highest BCUT2D eigenvalue weighted by Crippen LogP contribution is 2.38. The number of amides is 4. The largest absolute Gasteiger partial charge is 0.490 e. The molecule has 1 aliphatic rings. The van der Waals surface area contributed by atoms with E-state index in [1.54, 1.807) is 13.0 Å². The molecule has 4 aromatic rings. The Morgan fingerprint density at radius 1 is 0.949 bits per heavy atom. The first-order valence-electron chi connectivity index (χ1n) is 12.1. The number of hydrogen-bond acceptors (Lipinski definition) is 5. The highest BCUT2D eigenvalue weighted by Gasteiger charge is 2.38. The number of barbiturate groups is 1. The highest BCUT2D eigenvalue weighted by molar-refractivity contribution is 6.39. The van der Waals surface area contributed by atoms with Gasteiger partial charge in [-0.3, -0.25) is 14.9 Å². The molecule has 0 bridgehead atoms. The zero-order chi connectivity index (χ0) is 27.5. The molecule has 0 radical (unpaired) electrons. The van der Waals surface area contributed by atoms with Crippen molar-refractivity contribution in [1.29, 1.82) is 0 Å². The topological polar surface area (TPSA) is 84.9 Å². The van der Waals surface area contributed by atoms with Crippen LogP contribution < -0.4 is 19.7 Å². The van der Waals surface area contributed by atoms with Crippen molar-refractivity contribution in [3.63, 3.8) is 0 Å². The molecule has 4 aromatic carbocycles. The molecule has 0 spiro atoms. The van der Waals surface area contributed by atoms with Crippen molar-refractivity contribution in [3.8, 4) is 11.5 Å². The number of halogens is 2. The molecular weight excluding hydrogens is 523 g/mol. The van der Waals surface area contributed by atoms with E-state index in [0.29, 0.717) is 28.6 Å². The third-order valence-corrected chi connectivity index (χ3v) is 6.37. The summed E-state index contributed by atoms with van der Waals surface area (Å²) < 4.78 is 26.2. The van der Waals surface area contributed by atoms with Gasteiger partial charge in [0.1, 0.15) is 18.0 Å². The molecule has 1 fully saturated rings. The minimum atomic E-state index is -1.04. The number of ether oxygens (including phenoxy) is 2. The van der Waals surface area contributed by atoms with E-state index in [2.05, 4.69) is 5.32 Å². The second kappa shape index (κ2) is 11.0. The Kier molecular flexibility index (Phi) is 7.29. The van der Waals surface area contributed by atoms with E-state index >= 15 is 0 Å². The maximum atomic E-state index is 14.4. The average Bonchev–Trinajstić information content (AvgIpc) is 2.92. The summed E-state index contributed by atoms with van der Waals surface area (Å²) >= 11 is 6.58. The lowest BCUT2D eigenvalue weighted by molar-refractivity contribution is -0.122. The van der Waals surface area contributed by atoms with Gasteiger partial charge < -0.3 is 9.47 Å². The number of benzene rings is 4. The van der Waals surface area contributed by atoms with Crippen molar-refractivity contribution in [3.05, 3.63) is 106 Å². The minimum absolute atomic E-state index is 0.193. The lowest BCUT2D eigenvalue weighted by Crippen LogP contribution is -2.54. The second-order valence-corrected chi connectivity index (χ2v) is 9.01. The molecule has 5 rings (SSSR count). The van der Waals surface area contributed by atoms with E-state index in [1.807, 2.05) is 42.5 Å². The number of anilines is 1. The van der Waals surface area contributed by atoms with Gasteiger partial charge >= 0.3 is 6.03 Å². The summed E-state index contributed by atoms with van der Waals surface area (Å²) in [5.74, 6) is -2.06. The Morgan fingerprint density at radius 2 is 1.69 bits per heavy atom. The van der Waals surface area contributed by atoms with Crippen LogP contribution in [-0.4, -0.2) is 24.5 Å². The van der Waals surface area contributed by atoms with Crippen molar-refractivity contribution in [2.24, 2.45) is 0 Å². The first-order valence-corrected chi connectivity index (χ1v) is 12.5. The van der Waals surface area contributed by atoms with Crippen molar-refractivity contribution < 1.29 is 28.2 Å². The van der Waals surface area contributed by atoms with E-state index in [0.717, 1.165) is 22.4 Å². The van der Waals surface area contributed by atoms with E-state index in [-0.39, 0.29) is 22.9 Å². The number of imide groups is 2. The maximum absolute atomic E-state index is 14.4. The van der Waals surface area contributed by atoms with Crippen LogP contribution in [0.2, 0.25) is 5.02 Å². The molecule has 0 saturated carbocycles. The Labute approximate surface area is 228 Å². The molecule has 9 heteroatoms. The monoisotopic (exact) mass is 544 g/mol. The normalized spacial score (nSPS) is 14.6. The predicted molar refractivity (Wildman–Crippen MR) is 146 cm³/mol. The van der Waals surface area contributed by atoms with Gasteiger partial charge in [0.05, 0.1) is 17.3 Å². The molecule has 0 aliphatic carbocycles. The van der Waals surface area contributed by atoms with Gasteiger partial charge in [-0.1, -0.05) is 66.2 Å². The number of carbonyl (C=O) groups is 3. The molecule has 7 nitrogen and oxygen atoms in total. The minimum Gasteiger partial charge on any atom is -0.490 e. The first kappa shape index (κ1) is 25.9. The molecule has 1 heterocycles. The summed E-state index contributed by atoms with van der Waals surface area (Å²) in [4.78, 5) is 38.7. The van der Waals surface area contributed by atoms with Crippen LogP contribution in [0.5, 0.6) is 11.5 Å². The fourth-order valence-electron chi connectivity index (χ4n) is 4.32. The molecule has 1 aliphatic heterocycles. The molecule has 4 amide bonds. The highest BCUT2D eigenvalue weighted by atomic mass is 35.5. The SMILES string of the molecule is CCOc1cc(/C=C2/C(=O)NC(=O)N(c3ccccc3F)C2=O)cc(Cl)c1OCc1cccc2ccccc12. The molecule has 196 valence electrons. The average molecular weight is 545 g/mol. The van der Waals surface area contributed by atoms with Crippen molar-refractivity contribution in [2.45, 2.75) is 13.5 Å². The summed E-state index contributed by atoms with van der Waals surface area (Å²) in [5, 5.41) is 4.40. The Morgan fingerprint density at radius 3 is 2.49 bits per heavy atom. The van der Waals surface area contributed by atoms with Crippen LogP contribution in [0.15, 0.2) is 84.4 Å². The Balaban J connectivity index is 1.47. The van der Waals surface area contributed by atoms with Gasteiger partial charge in [-0.05, 0) is 59.2 Å². The third-order valence-electron chi connectivity index (χ3n) is 6.09. The van der Waals surface area contributed by atoms with Crippen molar-refractivity contribution >= 4 is 52.0 Å². The van der Waals surface area contributed by atoms with Crippen LogP contribution in [0.1, 0.15) is 18.1 Å². The molecular formula is C30H22ClFN2O5. The summed E-state index contributed by atoms with van der Waals surface area (Å²) in [5.41, 5.74) is 0.659. The van der Waals surface area contributed by atoms with E-state index < -0.39 is 23.7 Å². The van der Waals surface area contributed by atoms with Gasteiger partial charge in [0.2, 0.25) is 0 Å². The second-order valence-electron chi connectivity index (χ2n) is 8.60. The smallest absolute Gasteiger partial charge is 0.336 e.